The molecule has 0 aliphatic carbocycles. The van der Waals surface area contributed by atoms with E-state index in [1.807, 2.05) is 27.7 Å². The van der Waals surface area contributed by atoms with Gasteiger partial charge in [-0.25, -0.2) is 4.98 Å². The van der Waals surface area contributed by atoms with Crippen LogP contribution in [0.15, 0.2) is 16.5 Å². The van der Waals surface area contributed by atoms with Gasteiger partial charge < -0.3 is 13.7 Å². The fraction of sp³-hybridized carbons (Fsp3) is 0.533. The van der Waals surface area contributed by atoms with Crippen LogP contribution in [0.1, 0.15) is 39.1 Å². The summed E-state index contributed by atoms with van der Waals surface area (Å²) < 4.78 is 54.9. The average Bonchev–Trinajstić information content (AvgIpc) is 2.86. The number of alkyl halides is 3. The molecule has 8 heteroatoms. The van der Waals surface area contributed by atoms with E-state index in [2.05, 4.69) is 4.98 Å². The van der Waals surface area contributed by atoms with Gasteiger partial charge in [0, 0.05) is 0 Å². The first-order valence-electron chi connectivity index (χ1n) is 7.25. The Labute approximate surface area is 132 Å². The molecule has 1 fully saturated rings. The minimum Gasteiger partial charge on any atom is -0.433 e. The second kappa shape index (κ2) is 4.74. The van der Waals surface area contributed by atoms with E-state index in [1.54, 1.807) is 13.0 Å². The minimum atomic E-state index is -4.61. The maximum absolute atomic E-state index is 12.7. The highest BCUT2D eigenvalue weighted by Gasteiger charge is 2.52. The van der Waals surface area contributed by atoms with Crippen LogP contribution in [0.3, 0.4) is 0 Å². The summed E-state index contributed by atoms with van der Waals surface area (Å²) in [7, 11) is -0.663. The summed E-state index contributed by atoms with van der Waals surface area (Å²) in [6.45, 7) is 9.43. The highest BCUT2D eigenvalue weighted by molar-refractivity contribution is 6.62. The van der Waals surface area contributed by atoms with E-state index in [0.717, 1.165) is 5.56 Å². The van der Waals surface area contributed by atoms with Crippen molar-refractivity contribution in [1.82, 2.24) is 4.98 Å². The molecule has 2 aromatic rings. The molecule has 1 saturated heterocycles. The van der Waals surface area contributed by atoms with E-state index < -0.39 is 30.4 Å². The van der Waals surface area contributed by atoms with Crippen LogP contribution in [-0.4, -0.2) is 23.3 Å². The second-order valence-electron chi connectivity index (χ2n) is 6.78. The summed E-state index contributed by atoms with van der Waals surface area (Å²) in [4.78, 5) is 3.50. The zero-order valence-corrected chi connectivity index (χ0v) is 13.5. The van der Waals surface area contributed by atoms with Crippen molar-refractivity contribution in [2.75, 3.05) is 0 Å². The van der Waals surface area contributed by atoms with Crippen molar-refractivity contribution in [3.63, 3.8) is 0 Å². The number of oxazole rings is 1. The first-order chi connectivity index (χ1) is 10.4. The van der Waals surface area contributed by atoms with Crippen molar-refractivity contribution in [2.45, 2.75) is 52.0 Å². The highest BCUT2D eigenvalue weighted by atomic mass is 19.4. The van der Waals surface area contributed by atoms with Gasteiger partial charge in [-0.2, -0.15) is 13.2 Å². The number of aromatic nitrogens is 1. The topological polar surface area (TPSA) is 44.5 Å². The molecule has 0 saturated carbocycles. The SMILES string of the molecule is Cc1cc2nc(C(F)(F)F)oc2cc1B1OC(C)(C)C(C)(C)O1. The smallest absolute Gasteiger partial charge is 0.433 e. The number of hydrogen-bond acceptors (Lipinski definition) is 4. The fourth-order valence-electron chi connectivity index (χ4n) is 2.44. The fourth-order valence-corrected chi connectivity index (χ4v) is 2.44. The normalized spacial score (nSPS) is 20.4. The van der Waals surface area contributed by atoms with Crippen molar-refractivity contribution in [1.29, 1.82) is 0 Å². The largest absolute Gasteiger partial charge is 0.495 e. The number of rotatable bonds is 1. The second-order valence-corrected chi connectivity index (χ2v) is 6.78. The molecule has 1 aliphatic rings. The van der Waals surface area contributed by atoms with E-state index in [4.69, 9.17) is 13.7 Å². The van der Waals surface area contributed by atoms with Gasteiger partial charge in [0.05, 0.1) is 11.2 Å². The highest BCUT2D eigenvalue weighted by Crippen LogP contribution is 2.37. The molecular weight excluding hydrogens is 310 g/mol. The first-order valence-corrected chi connectivity index (χ1v) is 7.25. The Balaban J connectivity index is 2.04. The van der Waals surface area contributed by atoms with E-state index in [9.17, 15) is 13.2 Å². The van der Waals surface area contributed by atoms with Gasteiger partial charge in [-0.3, -0.25) is 0 Å². The standard InChI is InChI=1S/C15H17BF3NO3/c1-8-6-10-11(21-12(20-10)15(17,18)19)7-9(8)16-22-13(2,3)14(4,5)23-16/h6-7H,1-5H3. The van der Waals surface area contributed by atoms with Crippen LogP contribution >= 0.6 is 0 Å². The molecule has 1 aromatic carbocycles. The predicted molar refractivity (Wildman–Crippen MR) is 79.5 cm³/mol. The number of benzene rings is 1. The van der Waals surface area contributed by atoms with Crippen LogP contribution in [-0.2, 0) is 15.5 Å². The predicted octanol–water partition coefficient (Wildman–Crippen LogP) is 3.45. The van der Waals surface area contributed by atoms with Gasteiger partial charge in [0.1, 0.15) is 5.52 Å². The molecule has 0 atom stereocenters. The number of fused-ring (bicyclic) bond motifs is 1. The zero-order valence-electron chi connectivity index (χ0n) is 13.5. The maximum Gasteiger partial charge on any atom is 0.495 e. The van der Waals surface area contributed by atoms with E-state index in [1.165, 1.54) is 6.07 Å². The Morgan fingerprint density at radius 3 is 2.13 bits per heavy atom. The quantitative estimate of drug-likeness (QED) is 0.753. The minimum absolute atomic E-state index is 0.0626. The third kappa shape index (κ3) is 2.63. The maximum atomic E-state index is 12.7. The monoisotopic (exact) mass is 327 g/mol. The molecule has 3 rings (SSSR count). The van der Waals surface area contributed by atoms with Crippen LogP contribution in [0.25, 0.3) is 11.1 Å². The van der Waals surface area contributed by atoms with Crippen LogP contribution in [0, 0.1) is 6.92 Å². The molecule has 23 heavy (non-hydrogen) atoms. The lowest BCUT2D eigenvalue weighted by molar-refractivity contribution is -0.156. The summed E-state index contributed by atoms with van der Waals surface area (Å²) in [6.07, 6.45) is -4.61. The summed E-state index contributed by atoms with van der Waals surface area (Å²) in [5.41, 5.74) is 0.539. The molecule has 0 N–H and O–H groups in total. The van der Waals surface area contributed by atoms with Gasteiger partial charge in [-0.1, -0.05) is 0 Å². The summed E-state index contributed by atoms with van der Waals surface area (Å²) in [6, 6.07) is 3.06. The van der Waals surface area contributed by atoms with Crippen molar-refractivity contribution < 1.29 is 26.9 Å². The molecular formula is C15H17BF3NO3. The Morgan fingerprint density at radius 2 is 1.61 bits per heavy atom. The number of nitrogens with zero attached hydrogens (tertiary/aromatic N) is 1. The van der Waals surface area contributed by atoms with Gasteiger partial charge in [0.2, 0.25) is 0 Å². The van der Waals surface area contributed by atoms with Crippen molar-refractivity contribution in [3.8, 4) is 0 Å². The lowest BCUT2D eigenvalue weighted by Crippen LogP contribution is -2.41. The average molecular weight is 327 g/mol. The Morgan fingerprint density at radius 1 is 1.04 bits per heavy atom. The van der Waals surface area contributed by atoms with Crippen LogP contribution in [0.5, 0.6) is 0 Å². The lowest BCUT2D eigenvalue weighted by Gasteiger charge is -2.32. The summed E-state index contributed by atoms with van der Waals surface area (Å²) >= 11 is 0. The summed E-state index contributed by atoms with van der Waals surface area (Å²) in [5, 5.41) is 0. The molecule has 2 heterocycles. The van der Waals surface area contributed by atoms with Gasteiger partial charge in [-0.05, 0) is 57.8 Å². The molecule has 4 nitrogen and oxygen atoms in total. The van der Waals surface area contributed by atoms with Gasteiger partial charge in [-0.15, -0.1) is 0 Å². The van der Waals surface area contributed by atoms with E-state index in [-0.39, 0.29) is 11.1 Å². The Hall–Kier alpha value is -1.54. The first kappa shape index (κ1) is 16.3. The molecule has 0 spiro atoms. The molecule has 0 bridgehead atoms. The molecule has 1 aromatic heterocycles. The van der Waals surface area contributed by atoms with E-state index in [0.29, 0.717) is 5.46 Å². The zero-order chi connectivity index (χ0) is 17.2. The number of halogens is 3. The third-order valence-electron chi connectivity index (χ3n) is 4.53. The molecule has 124 valence electrons. The Kier molecular flexibility index (Phi) is 3.36. The van der Waals surface area contributed by atoms with Crippen molar-refractivity contribution >= 4 is 23.7 Å². The van der Waals surface area contributed by atoms with Gasteiger partial charge in [0.15, 0.2) is 5.58 Å². The Bertz CT molecular complexity index is 751. The molecule has 0 radical (unpaired) electrons. The third-order valence-corrected chi connectivity index (χ3v) is 4.53. The molecule has 0 amide bonds. The van der Waals surface area contributed by atoms with Crippen LogP contribution in [0.2, 0.25) is 0 Å². The number of hydrogen-bond donors (Lipinski definition) is 0. The molecule has 1 aliphatic heterocycles. The van der Waals surface area contributed by atoms with Crippen LogP contribution in [0.4, 0.5) is 13.2 Å². The van der Waals surface area contributed by atoms with Gasteiger partial charge >= 0.3 is 19.2 Å². The van der Waals surface area contributed by atoms with Crippen molar-refractivity contribution in [2.24, 2.45) is 0 Å². The molecule has 0 unspecified atom stereocenters. The van der Waals surface area contributed by atoms with Crippen molar-refractivity contribution in [3.05, 3.63) is 23.6 Å². The van der Waals surface area contributed by atoms with Crippen LogP contribution < -0.4 is 5.46 Å². The lowest BCUT2D eigenvalue weighted by atomic mass is 9.76. The number of aryl methyl sites for hydroxylation is 1. The summed E-state index contributed by atoms with van der Waals surface area (Å²) in [5.74, 6) is -1.25. The van der Waals surface area contributed by atoms with Gasteiger partial charge in [0.25, 0.3) is 0 Å². The van der Waals surface area contributed by atoms with E-state index >= 15 is 0 Å².